The van der Waals surface area contributed by atoms with Crippen molar-refractivity contribution in [2.24, 2.45) is 0 Å². The number of aromatic nitrogens is 1. The van der Waals surface area contributed by atoms with E-state index in [1.165, 1.54) is 5.00 Å². The third-order valence-electron chi connectivity index (χ3n) is 1.31. The monoisotopic (exact) mass is 141 g/mol. The molecule has 0 atom stereocenters. The molecule has 1 aromatic heterocycles. The SMILES string of the molecule is c1nc2c(s1)NCNC2. The maximum Gasteiger partial charge on any atom is 0.114 e. The molecule has 0 saturated carbocycles. The molecule has 2 heterocycles. The van der Waals surface area contributed by atoms with Gasteiger partial charge in [0, 0.05) is 6.54 Å². The first-order valence-electron chi connectivity index (χ1n) is 2.84. The van der Waals surface area contributed by atoms with E-state index in [4.69, 9.17) is 0 Å². The summed E-state index contributed by atoms with van der Waals surface area (Å²) in [6.45, 7) is 1.78. The second-order valence-electron chi connectivity index (χ2n) is 1.91. The highest BCUT2D eigenvalue weighted by Crippen LogP contribution is 2.20. The smallest absolute Gasteiger partial charge is 0.114 e. The van der Waals surface area contributed by atoms with Crippen molar-refractivity contribution in [3.05, 3.63) is 11.2 Å². The van der Waals surface area contributed by atoms with Crippen LogP contribution in [0.5, 0.6) is 0 Å². The summed E-state index contributed by atoms with van der Waals surface area (Å²) in [5.41, 5.74) is 3.01. The summed E-state index contributed by atoms with van der Waals surface area (Å²) in [5.74, 6) is 0. The van der Waals surface area contributed by atoms with Crippen LogP contribution in [0, 0.1) is 0 Å². The minimum atomic E-state index is 0.870. The number of hydrogen-bond donors (Lipinski definition) is 2. The predicted molar refractivity (Wildman–Crippen MR) is 37.4 cm³/mol. The summed E-state index contributed by atoms with van der Waals surface area (Å²) >= 11 is 1.66. The zero-order valence-electron chi connectivity index (χ0n) is 4.85. The number of hydrogen-bond acceptors (Lipinski definition) is 4. The van der Waals surface area contributed by atoms with E-state index >= 15 is 0 Å². The van der Waals surface area contributed by atoms with Crippen LogP contribution in [-0.4, -0.2) is 11.7 Å². The number of nitrogens with zero attached hydrogens (tertiary/aromatic N) is 1. The minimum absolute atomic E-state index is 0.870. The average molecular weight is 141 g/mol. The van der Waals surface area contributed by atoms with E-state index in [9.17, 15) is 0 Å². The van der Waals surface area contributed by atoms with Gasteiger partial charge in [-0.3, -0.25) is 5.32 Å². The van der Waals surface area contributed by atoms with Crippen LogP contribution in [0.3, 0.4) is 0 Å². The molecule has 48 valence electrons. The molecule has 0 fully saturated rings. The summed E-state index contributed by atoms with van der Waals surface area (Å²) in [4.78, 5) is 4.15. The number of anilines is 1. The van der Waals surface area contributed by atoms with Crippen molar-refractivity contribution in [2.75, 3.05) is 12.0 Å². The van der Waals surface area contributed by atoms with Gasteiger partial charge in [-0.05, 0) is 0 Å². The molecule has 0 amide bonds. The van der Waals surface area contributed by atoms with Crippen LogP contribution in [0.4, 0.5) is 5.00 Å². The topological polar surface area (TPSA) is 37.0 Å². The van der Waals surface area contributed by atoms with Gasteiger partial charge in [-0.25, -0.2) is 4.98 Å². The molecule has 2 rings (SSSR count). The summed E-state index contributed by atoms with van der Waals surface area (Å²) in [7, 11) is 0. The highest BCUT2D eigenvalue weighted by atomic mass is 32.1. The molecule has 0 aromatic carbocycles. The zero-order chi connectivity index (χ0) is 6.10. The van der Waals surface area contributed by atoms with Gasteiger partial charge in [0.2, 0.25) is 0 Å². The van der Waals surface area contributed by atoms with Crippen molar-refractivity contribution in [1.82, 2.24) is 10.3 Å². The molecule has 9 heavy (non-hydrogen) atoms. The average Bonchev–Trinajstić information content (AvgIpc) is 2.33. The van der Waals surface area contributed by atoms with Crippen LogP contribution >= 0.6 is 11.3 Å². The van der Waals surface area contributed by atoms with Crippen molar-refractivity contribution < 1.29 is 0 Å². The Labute approximate surface area is 57.1 Å². The zero-order valence-corrected chi connectivity index (χ0v) is 5.66. The third kappa shape index (κ3) is 0.799. The highest BCUT2D eigenvalue weighted by molar-refractivity contribution is 7.14. The maximum absolute atomic E-state index is 4.15. The number of nitrogens with one attached hydrogen (secondary N) is 2. The fourth-order valence-corrected chi connectivity index (χ4v) is 1.56. The molecule has 1 aromatic rings. The number of fused-ring (bicyclic) bond motifs is 1. The Morgan fingerprint density at radius 3 is 3.56 bits per heavy atom. The fraction of sp³-hybridized carbons (Fsp3) is 0.400. The van der Waals surface area contributed by atoms with Crippen molar-refractivity contribution in [3.8, 4) is 0 Å². The summed E-state index contributed by atoms with van der Waals surface area (Å²) in [5, 5.41) is 7.56. The summed E-state index contributed by atoms with van der Waals surface area (Å²) < 4.78 is 0. The highest BCUT2D eigenvalue weighted by Gasteiger charge is 2.08. The molecule has 4 heteroatoms. The van der Waals surface area contributed by atoms with Gasteiger partial charge < -0.3 is 5.32 Å². The first-order chi connectivity index (χ1) is 4.47. The van der Waals surface area contributed by atoms with E-state index in [1.807, 2.05) is 5.51 Å². The quantitative estimate of drug-likeness (QED) is 0.556. The molecule has 1 aliphatic heterocycles. The molecule has 0 spiro atoms. The Bertz CT molecular complexity index is 187. The number of thiazole rings is 1. The fourth-order valence-electron chi connectivity index (χ4n) is 0.863. The van der Waals surface area contributed by atoms with Crippen molar-refractivity contribution >= 4 is 16.3 Å². The second kappa shape index (κ2) is 1.97. The summed E-state index contributed by atoms with van der Waals surface area (Å²) in [6, 6.07) is 0. The Morgan fingerprint density at radius 2 is 2.67 bits per heavy atom. The second-order valence-corrected chi connectivity index (χ2v) is 2.76. The Morgan fingerprint density at radius 1 is 1.67 bits per heavy atom. The Balaban J connectivity index is 2.39. The number of rotatable bonds is 0. The van der Waals surface area contributed by atoms with Crippen LogP contribution in [0.1, 0.15) is 5.69 Å². The molecule has 0 bridgehead atoms. The summed E-state index contributed by atoms with van der Waals surface area (Å²) in [6.07, 6.45) is 0. The lowest BCUT2D eigenvalue weighted by Crippen LogP contribution is -2.26. The van der Waals surface area contributed by atoms with Gasteiger partial charge in [0.25, 0.3) is 0 Å². The lowest BCUT2D eigenvalue weighted by molar-refractivity contribution is 0.698. The van der Waals surface area contributed by atoms with E-state index in [2.05, 4.69) is 15.6 Å². The minimum Gasteiger partial charge on any atom is -0.363 e. The first-order valence-corrected chi connectivity index (χ1v) is 3.72. The lowest BCUT2D eigenvalue weighted by Gasteiger charge is -2.12. The van der Waals surface area contributed by atoms with Crippen LogP contribution in [0.2, 0.25) is 0 Å². The van der Waals surface area contributed by atoms with E-state index in [0.717, 1.165) is 18.9 Å². The van der Waals surface area contributed by atoms with Crippen LogP contribution in [0.15, 0.2) is 5.51 Å². The molecule has 2 N–H and O–H groups in total. The molecule has 0 radical (unpaired) electrons. The first kappa shape index (κ1) is 5.20. The largest absolute Gasteiger partial charge is 0.363 e. The predicted octanol–water partition coefficient (Wildman–Crippen LogP) is 0.616. The standard InChI is InChI=1S/C5H7N3S/c1-4-5(7-2-6-1)9-3-8-4/h3,6-7H,1-2H2. The van der Waals surface area contributed by atoms with Crippen LogP contribution in [0.25, 0.3) is 0 Å². The lowest BCUT2D eigenvalue weighted by atomic mass is 10.4. The molecular weight excluding hydrogens is 134 g/mol. The maximum atomic E-state index is 4.15. The van der Waals surface area contributed by atoms with Crippen molar-refractivity contribution in [2.45, 2.75) is 6.54 Å². The van der Waals surface area contributed by atoms with Crippen LogP contribution < -0.4 is 10.6 Å². The van der Waals surface area contributed by atoms with E-state index in [-0.39, 0.29) is 0 Å². The van der Waals surface area contributed by atoms with E-state index in [0.29, 0.717) is 0 Å². The van der Waals surface area contributed by atoms with Crippen molar-refractivity contribution in [3.63, 3.8) is 0 Å². The van der Waals surface area contributed by atoms with Gasteiger partial charge in [-0.1, -0.05) is 0 Å². The van der Waals surface area contributed by atoms with Gasteiger partial charge in [-0.15, -0.1) is 11.3 Å². The Hall–Kier alpha value is -0.610. The van der Waals surface area contributed by atoms with Gasteiger partial charge >= 0.3 is 0 Å². The van der Waals surface area contributed by atoms with Gasteiger partial charge in [-0.2, -0.15) is 0 Å². The van der Waals surface area contributed by atoms with Crippen LogP contribution in [-0.2, 0) is 6.54 Å². The van der Waals surface area contributed by atoms with E-state index in [1.54, 1.807) is 11.3 Å². The van der Waals surface area contributed by atoms with E-state index < -0.39 is 0 Å². The molecule has 0 unspecified atom stereocenters. The normalized spacial score (nSPS) is 16.4. The molecule has 3 nitrogen and oxygen atoms in total. The Kier molecular flexibility index (Phi) is 1.13. The van der Waals surface area contributed by atoms with Crippen molar-refractivity contribution in [1.29, 1.82) is 0 Å². The van der Waals surface area contributed by atoms with Gasteiger partial charge in [0.1, 0.15) is 5.00 Å². The molecule has 0 aliphatic carbocycles. The third-order valence-corrected chi connectivity index (χ3v) is 2.13. The molecular formula is C5H7N3S. The van der Waals surface area contributed by atoms with Gasteiger partial charge in [0.15, 0.2) is 0 Å². The molecule has 0 saturated heterocycles. The van der Waals surface area contributed by atoms with Gasteiger partial charge in [0.05, 0.1) is 17.9 Å². The molecule has 1 aliphatic rings.